The molecular weight excluding hydrogens is 196 g/mol. The first kappa shape index (κ1) is 11.0. The van der Waals surface area contributed by atoms with Crippen LogP contribution in [0, 0.1) is 6.92 Å². The monoisotopic (exact) mass is 214 g/mol. The maximum absolute atomic E-state index is 5.83. The van der Waals surface area contributed by atoms with E-state index in [1.54, 1.807) is 0 Å². The van der Waals surface area contributed by atoms with Crippen molar-refractivity contribution in [1.29, 1.82) is 0 Å². The van der Waals surface area contributed by atoms with E-state index < -0.39 is 0 Å². The van der Waals surface area contributed by atoms with Gasteiger partial charge in [0, 0.05) is 25.0 Å². The second kappa shape index (κ2) is 4.54. The summed E-state index contributed by atoms with van der Waals surface area (Å²) in [5.74, 6) is 0. The van der Waals surface area contributed by atoms with Crippen LogP contribution in [0.5, 0.6) is 0 Å². The predicted octanol–water partition coefficient (Wildman–Crippen LogP) is 2.86. The summed E-state index contributed by atoms with van der Waals surface area (Å²) in [5, 5.41) is 0. The van der Waals surface area contributed by atoms with Crippen molar-refractivity contribution in [3.63, 3.8) is 0 Å². The molecule has 1 aromatic heterocycles. The standard InChI is InChI=1S/C14H18N2/c1-11-3-5-13(6-4-11)9-16-8-7-14(10-16)12(2)15/h3-8,10,12H,9,15H2,1-2H3. The number of benzene rings is 1. The van der Waals surface area contributed by atoms with E-state index in [1.165, 1.54) is 16.7 Å². The van der Waals surface area contributed by atoms with Gasteiger partial charge in [0.1, 0.15) is 0 Å². The average Bonchev–Trinajstić information content (AvgIpc) is 2.70. The highest BCUT2D eigenvalue weighted by molar-refractivity contribution is 5.22. The summed E-state index contributed by atoms with van der Waals surface area (Å²) < 4.78 is 2.17. The highest BCUT2D eigenvalue weighted by Crippen LogP contribution is 2.12. The fourth-order valence-corrected chi connectivity index (χ4v) is 1.73. The normalized spacial score (nSPS) is 12.7. The fraction of sp³-hybridized carbons (Fsp3) is 0.286. The van der Waals surface area contributed by atoms with Crippen LogP contribution in [0.3, 0.4) is 0 Å². The van der Waals surface area contributed by atoms with Gasteiger partial charge in [-0.05, 0) is 31.0 Å². The maximum Gasteiger partial charge on any atom is 0.0470 e. The van der Waals surface area contributed by atoms with Crippen molar-refractivity contribution in [3.8, 4) is 0 Å². The van der Waals surface area contributed by atoms with Gasteiger partial charge in [0.2, 0.25) is 0 Å². The lowest BCUT2D eigenvalue weighted by molar-refractivity contribution is 0.777. The van der Waals surface area contributed by atoms with Gasteiger partial charge in [-0.3, -0.25) is 0 Å². The third kappa shape index (κ3) is 2.52. The number of aromatic nitrogens is 1. The lowest BCUT2D eigenvalue weighted by atomic mass is 10.1. The number of hydrogen-bond acceptors (Lipinski definition) is 1. The third-order valence-electron chi connectivity index (χ3n) is 2.78. The molecule has 0 saturated heterocycles. The zero-order valence-corrected chi connectivity index (χ0v) is 9.85. The Labute approximate surface area is 96.7 Å². The van der Waals surface area contributed by atoms with Crippen molar-refractivity contribution in [2.24, 2.45) is 5.73 Å². The molecule has 1 atom stereocenters. The smallest absolute Gasteiger partial charge is 0.0470 e. The molecule has 16 heavy (non-hydrogen) atoms. The van der Waals surface area contributed by atoms with Crippen LogP contribution in [-0.4, -0.2) is 4.57 Å². The van der Waals surface area contributed by atoms with Crippen molar-refractivity contribution in [2.75, 3.05) is 0 Å². The van der Waals surface area contributed by atoms with Crippen LogP contribution in [0.15, 0.2) is 42.7 Å². The number of aryl methyl sites for hydroxylation is 1. The van der Waals surface area contributed by atoms with Gasteiger partial charge in [-0.15, -0.1) is 0 Å². The van der Waals surface area contributed by atoms with Crippen molar-refractivity contribution in [3.05, 3.63) is 59.4 Å². The average molecular weight is 214 g/mol. The Morgan fingerprint density at radius 2 is 1.88 bits per heavy atom. The largest absolute Gasteiger partial charge is 0.350 e. The number of hydrogen-bond donors (Lipinski definition) is 1. The molecule has 0 saturated carbocycles. The number of nitrogens with zero attached hydrogens (tertiary/aromatic N) is 1. The number of rotatable bonds is 3. The van der Waals surface area contributed by atoms with Gasteiger partial charge < -0.3 is 10.3 Å². The minimum Gasteiger partial charge on any atom is -0.350 e. The van der Waals surface area contributed by atoms with Crippen molar-refractivity contribution in [2.45, 2.75) is 26.4 Å². The molecule has 2 rings (SSSR count). The molecule has 1 aromatic carbocycles. The van der Waals surface area contributed by atoms with Crippen LogP contribution in [0.2, 0.25) is 0 Å². The second-order valence-electron chi connectivity index (χ2n) is 4.39. The maximum atomic E-state index is 5.83. The van der Waals surface area contributed by atoms with Crippen molar-refractivity contribution >= 4 is 0 Å². The summed E-state index contributed by atoms with van der Waals surface area (Å²) in [6.07, 6.45) is 4.20. The van der Waals surface area contributed by atoms with Gasteiger partial charge in [0.05, 0.1) is 0 Å². The highest BCUT2D eigenvalue weighted by Gasteiger charge is 2.01. The quantitative estimate of drug-likeness (QED) is 0.836. The Hall–Kier alpha value is -1.54. The van der Waals surface area contributed by atoms with Gasteiger partial charge in [-0.2, -0.15) is 0 Å². The topological polar surface area (TPSA) is 30.9 Å². The first-order chi connectivity index (χ1) is 7.65. The first-order valence-electron chi connectivity index (χ1n) is 5.62. The van der Waals surface area contributed by atoms with Crippen LogP contribution < -0.4 is 5.73 Å². The summed E-state index contributed by atoms with van der Waals surface area (Å²) in [4.78, 5) is 0. The van der Waals surface area contributed by atoms with E-state index in [-0.39, 0.29) is 6.04 Å². The Morgan fingerprint density at radius 3 is 2.44 bits per heavy atom. The first-order valence-corrected chi connectivity index (χ1v) is 5.62. The minimum absolute atomic E-state index is 0.110. The molecule has 0 aliphatic carbocycles. The molecule has 0 aliphatic rings. The Morgan fingerprint density at radius 1 is 1.19 bits per heavy atom. The molecule has 0 fully saturated rings. The molecule has 2 N–H and O–H groups in total. The SMILES string of the molecule is Cc1ccc(Cn2ccc(C(C)N)c2)cc1. The Bertz CT molecular complexity index is 452. The van der Waals surface area contributed by atoms with E-state index in [2.05, 4.69) is 54.2 Å². The lowest BCUT2D eigenvalue weighted by Gasteiger charge is -2.04. The molecule has 2 nitrogen and oxygen atoms in total. The zero-order valence-electron chi connectivity index (χ0n) is 9.85. The van der Waals surface area contributed by atoms with Gasteiger partial charge >= 0.3 is 0 Å². The molecule has 84 valence electrons. The molecule has 2 heteroatoms. The molecular formula is C14H18N2. The summed E-state index contributed by atoms with van der Waals surface area (Å²) in [6.45, 7) is 5.02. The lowest BCUT2D eigenvalue weighted by Crippen LogP contribution is -2.03. The summed E-state index contributed by atoms with van der Waals surface area (Å²) >= 11 is 0. The predicted molar refractivity (Wildman–Crippen MR) is 67.3 cm³/mol. The van der Waals surface area contributed by atoms with Gasteiger partial charge in [0.25, 0.3) is 0 Å². The number of nitrogens with two attached hydrogens (primary N) is 1. The molecule has 1 heterocycles. The van der Waals surface area contributed by atoms with Gasteiger partial charge in [-0.1, -0.05) is 29.8 Å². The van der Waals surface area contributed by atoms with Gasteiger partial charge in [0.15, 0.2) is 0 Å². The van der Waals surface area contributed by atoms with E-state index >= 15 is 0 Å². The molecule has 0 radical (unpaired) electrons. The Balaban J connectivity index is 2.11. The summed E-state index contributed by atoms with van der Waals surface area (Å²) in [6, 6.07) is 10.8. The van der Waals surface area contributed by atoms with Gasteiger partial charge in [-0.25, -0.2) is 0 Å². The molecule has 0 bridgehead atoms. The van der Waals surface area contributed by atoms with E-state index in [1.807, 2.05) is 6.92 Å². The van der Waals surface area contributed by atoms with E-state index in [0.29, 0.717) is 0 Å². The highest BCUT2D eigenvalue weighted by atomic mass is 14.9. The van der Waals surface area contributed by atoms with E-state index in [4.69, 9.17) is 5.73 Å². The van der Waals surface area contributed by atoms with Crippen molar-refractivity contribution in [1.82, 2.24) is 4.57 Å². The van der Waals surface area contributed by atoms with Crippen LogP contribution in [-0.2, 0) is 6.54 Å². The molecule has 1 unspecified atom stereocenters. The second-order valence-corrected chi connectivity index (χ2v) is 4.39. The van der Waals surface area contributed by atoms with E-state index in [0.717, 1.165) is 6.54 Å². The van der Waals surface area contributed by atoms with Crippen LogP contribution in [0.1, 0.15) is 29.7 Å². The van der Waals surface area contributed by atoms with Crippen molar-refractivity contribution < 1.29 is 0 Å². The molecule has 0 spiro atoms. The van der Waals surface area contributed by atoms with Crippen LogP contribution in [0.4, 0.5) is 0 Å². The molecule has 2 aromatic rings. The summed E-state index contributed by atoms with van der Waals surface area (Å²) in [7, 11) is 0. The third-order valence-corrected chi connectivity index (χ3v) is 2.78. The molecule has 0 aliphatic heterocycles. The van der Waals surface area contributed by atoms with Crippen LogP contribution >= 0.6 is 0 Å². The Kier molecular flexibility index (Phi) is 3.11. The summed E-state index contributed by atoms with van der Waals surface area (Å²) in [5.41, 5.74) is 9.63. The van der Waals surface area contributed by atoms with E-state index in [9.17, 15) is 0 Å². The minimum atomic E-state index is 0.110. The fourth-order valence-electron chi connectivity index (χ4n) is 1.73. The zero-order chi connectivity index (χ0) is 11.5. The van der Waals surface area contributed by atoms with Crippen LogP contribution in [0.25, 0.3) is 0 Å². The molecule has 0 amide bonds.